The van der Waals surface area contributed by atoms with Crippen molar-refractivity contribution in [3.63, 3.8) is 0 Å². The van der Waals surface area contributed by atoms with Crippen molar-refractivity contribution in [2.75, 3.05) is 31.7 Å². The van der Waals surface area contributed by atoms with Crippen LogP contribution < -0.4 is 4.90 Å². The topological polar surface area (TPSA) is 42.4 Å². The van der Waals surface area contributed by atoms with Crippen LogP contribution in [-0.2, 0) is 4.74 Å². The van der Waals surface area contributed by atoms with Crippen molar-refractivity contribution in [1.29, 1.82) is 0 Å². The number of ketones is 1. The smallest absolute Gasteiger partial charge is 0.178 e. The first kappa shape index (κ1) is 13.0. The Bertz CT molecular complexity index is 397. The summed E-state index contributed by atoms with van der Waals surface area (Å²) >= 11 is 0. The van der Waals surface area contributed by atoms with Crippen LogP contribution >= 0.6 is 0 Å². The van der Waals surface area contributed by atoms with E-state index >= 15 is 0 Å². The van der Waals surface area contributed by atoms with Gasteiger partial charge in [0, 0.05) is 33.7 Å². The van der Waals surface area contributed by atoms with E-state index in [1.54, 1.807) is 12.3 Å². The molecule has 0 amide bonds. The number of Topliss-reactive ketones (excluding diaryl/α,β-unsaturated/α-hetero) is 1. The first-order chi connectivity index (χ1) is 8.66. The highest BCUT2D eigenvalue weighted by atomic mass is 16.5. The maximum atomic E-state index is 11.2. The fraction of sp³-hybridized carbons (Fsp3) is 0.571. The second-order valence-electron chi connectivity index (χ2n) is 4.89. The van der Waals surface area contributed by atoms with Crippen LogP contribution in [0.1, 0.15) is 30.3 Å². The monoisotopic (exact) mass is 248 g/mol. The van der Waals surface area contributed by atoms with Gasteiger partial charge in [-0.25, -0.2) is 0 Å². The molecule has 0 saturated carbocycles. The Morgan fingerprint density at radius 1 is 1.44 bits per heavy atom. The van der Waals surface area contributed by atoms with E-state index < -0.39 is 0 Å². The first-order valence-corrected chi connectivity index (χ1v) is 6.42. The summed E-state index contributed by atoms with van der Waals surface area (Å²) in [7, 11) is 2.07. The summed E-state index contributed by atoms with van der Waals surface area (Å²) in [6, 6.07) is 3.75. The molecular formula is C14H20N2O2. The van der Waals surface area contributed by atoms with Gasteiger partial charge in [0.15, 0.2) is 5.78 Å². The maximum Gasteiger partial charge on any atom is 0.178 e. The Morgan fingerprint density at radius 3 is 2.72 bits per heavy atom. The maximum absolute atomic E-state index is 11.2. The molecule has 1 fully saturated rings. The molecule has 0 spiro atoms. The zero-order valence-corrected chi connectivity index (χ0v) is 11.1. The van der Waals surface area contributed by atoms with E-state index in [1.807, 2.05) is 6.07 Å². The zero-order valence-electron chi connectivity index (χ0n) is 11.1. The SMILES string of the molecule is CC(=O)c1ccc(N(C)CC2CCOCC2)cn1. The highest BCUT2D eigenvalue weighted by molar-refractivity contribution is 5.92. The molecule has 0 atom stereocenters. The van der Waals surface area contributed by atoms with Crippen molar-refractivity contribution in [3.8, 4) is 0 Å². The molecular weight excluding hydrogens is 228 g/mol. The predicted molar refractivity (Wildman–Crippen MR) is 71.1 cm³/mol. The summed E-state index contributed by atoms with van der Waals surface area (Å²) in [5, 5.41) is 0. The Balaban J connectivity index is 1.95. The lowest BCUT2D eigenvalue weighted by atomic mass is 10.00. The van der Waals surface area contributed by atoms with E-state index in [0.29, 0.717) is 11.6 Å². The Kier molecular flexibility index (Phi) is 4.31. The molecule has 1 saturated heterocycles. The van der Waals surface area contributed by atoms with Crippen LogP contribution in [0.25, 0.3) is 0 Å². The third-order valence-electron chi connectivity index (χ3n) is 3.42. The molecule has 1 aromatic rings. The van der Waals surface area contributed by atoms with Crippen molar-refractivity contribution in [1.82, 2.24) is 4.98 Å². The van der Waals surface area contributed by atoms with Crippen molar-refractivity contribution < 1.29 is 9.53 Å². The molecule has 4 nitrogen and oxygen atoms in total. The molecule has 0 bridgehead atoms. The molecule has 0 unspecified atom stereocenters. The number of nitrogens with zero attached hydrogens (tertiary/aromatic N) is 2. The summed E-state index contributed by atoms with van der Waals surface area (Å²) < 4.78 is 5.36. The van der Waals surface area contributed by atoms with E-state index in [9.17, 15) is 4.79 Å². The van der Waals surface area contributed by atoms with E-state index in [-0.39, 0.29) is 5.78 Å². The standard InChI is InChI=1S/C14H20N2O2/c1-11(17)14-4-3-13(9-15-14)16(2)10-12-5-7-18-8-6-12/h3-4,9,12H,5-8,10H2,1-2H3. The third-order valence-corrected chi connectivity index (χ3v) is 3.42. The van der Waals surface area contributed by atoms with Gasteiger partial charge in [0.25, 0.3) is 0 Å². The largest absolute Gasteiger partial charge is 0.381 e. The number of carbonyl (C=O) groups excluding carboxylic acids is 1. The van der Waals surface area contributed by atoms with Gasteiger partial charge >= 0.3 is 0 Å². The summed E-state index contributed by atoms with van der Waals surface area (Å²) in [5.41, 5.74) is 1.59. The minimum atomic E-state index is 0.00799. The summed E-state index contributed by atoms with van der Waals surface area (Å²) in [6.07, 6.45) is 4.03. The van der Waals surface area contributed by atoms with Crippen LogP contribution in [0, 0.1) is 5.92 Å². The van der Waals surface area contributed by atoms with Crippen LogP contribution in [0.4, 0.5) is 5.69 Å². The Hall–Kier alpha value is -1.42. The second kappa shape index (κ2) is 5.96. The summed E-state index contributed by atoms with van der Waals surface area (Å²) in [6.45, 7) is 4.30. The molecule has 0 N–H and O–H groups in total. The predicted octanol–water partition coefficient (Wildman–Crippen LogP) is 2.15. The van der Waals surface area contributed by atoms with Gasteiger partial charge in [-0.15, -0.1) is 0 Å². The fourth-order valence-electron chi connectivity index (χ4n) is 2.24. The zero-order chi connectivity index (χ0) is 13.0. The molecule has 98 valence electrons. The van der Waals surface area contributed by atoms with Crippen LogP contribution in [0.2, 0.25) is 0 Å². The minimum Gasteiger partial charge on any atom is -0.381 e. The number of carbonyl (C=O) groups is 1. The molecule has 0 aliphatic carbocycles. The van der Waals surface area contributed by atoms with Crippen LogP contribution in [0.5, 0.6) is 0 Å². The van der Waals surface area contributed by atoms with Crippen LogP contribution in [0.3, 0.4) is 0 Å². The Morgan fingerprint density at radius 2 is 2.17 bits per heavy atom. The molecule has 2 heterocycles. The van der Waals surface area contributed by atoms with Gasteiger partial charge in [-0.1, -0.05) is 0 Å². The van der Waals surface area contributed by atoms with Crippen molar-refractivity contribution in [3.05, 3.63) is 24.0 Å². The third kappa shape index (κ3) is 3.29. The summed E-state index contributed by atoms with van der Waals surface area (Å²) in [4.78, 5) is 17.5. The van der Waals surface area contributed by atoms with Gasteiger partial charge in [0.1, 0.15) is 5.69 Å². The van der Waals surface area contributed by atoms with E-state index in [2.05, 4.69) is 16.9 Å². The normalized spacial score (nSPS) is 16.6. The number of pyridine rings is 1. The number of hydrogen-bond donors (Lipinski definition) is 0. The molecule has 4 heteroatoms. The number of anilines is 1. The van der Waals surface area contributed by atoms with Crippen LogP contribution in [-0.4, -0.2) is 37.6 Å². The highest BCUT2D eigenvalue weighted by Crippen LogP contribution is 2.19. The molecule has 18 heavy (non-hydrogen) atoms. The van der Waals surface area contributed by atoms with Crippen molar-refractivity contribution in [2.24, 2.45) is 5.92 Å². The fourth-order valence-corrected chi connectivity index (χ4v) is 2.24. The second-order valence-corrected chi connectivity index (χ2v) is 4.89. The van der Waals surface area contributed by atoms with Gasteiger partial charge in [0.05, 0.1) is 11.9 Å². The van der Waals surface area contributed by atoms with Crippen molar-refractivity contribution in [2.45, 2.75) is 19.8 Å². The molecule has 1 aliphatic heterocycles. The van der Waals surface area contributed by atoms with Crippen molar-refractivity contribution >= 4 is 11.5 Å². The van der Waals surface area contributed by atoms with E-state index in [1.165, 1.54) is 6.92 Å². The summed E-state index contributed by atoms with van der Waals surface area (Å²) in [5.74, 6) is 0.699. The van der Waals surface area contributed by atoms with Crippen LogP contribution in [0.15, 0.2) is 18.3 Å². The van der Waals surface area contributed by atoms with Gasteiger partial charge < -0.3 is 9.64 Å². The lowest BCUT2D eigenvalue weighted by Crippen LogP contribution is -2.29. The van der Waals surface area contributed by atoms with E-state index in [0.717, 1.165) is 38.3 Å². The molecule has 1 aromatic heterocycles. The number of aromatic nitrogens is 1. The average Bonchev–Trinajstić information content (AvgIpc) is 2.40. The van der Waals surface area contributed by atoms with Gasteiger partial charge in [0.2, 0.25) is 0 Å². The lowest BCUT2D eigenvalue weighted by molar-refractivity contribution is 0.0685. The van der Waals surface area contributed by atoms with E-state index in [4.69, 9.17) is 4.74 Å². The molecule has 0 radical (unpaired) electrons. The minimum absolute atomic E-state index is 0.00799. The quantitative estimate of drug-likeness (QED) is 0.766. The Labute approximate surface area is 108 Å². The molecule has 0 aromatic carbocycles. The van der Waals surface area contributed by atoms with Gasteiger partial charge in [-0.3, -0.25) is 9.78 Å². The number of hydrogen-bond acceptors (Lipinski definition) is 4. The number of rotatable bonds is 4. The lowest BCUT2D eigenvalue weighted by Gasteiger charge is -2.28. The molecule has 2 rings (SSSR count). The molecule has 1 aliphatic rings. The average molecular weight is 248 g/mol. The number of ether oxygens (including phenoxy) is 1. The first-order valence-electron chi connectivity index (χ1n) is 6.42. The highest BCUT2D eigenvalue weighted by Gasteiger charge is 2.16. The van der Waals surface area contributed by atoms with Gasteiger partial charge in [-0.05, 0) is 30.9 Å². The van der Waals surface area contributed by atoms with Gasteiger partial charge in [-0.2, -0.15) is 0 Å².